The highest BCUT2D eigenvalue weighted by Crippen LogP contribution is 2.34. The third-order valence-corrected chi connectivity index (χ3v) is 5.19. The first-order chi connectivity index (χ1) is 14.0. The molecular formula is C21H17N5O2S. The number of aryl methyl sites for hydroxylation is 1. The fourth-order valence-corrected chi connectivity index (χ4v) is 3.78. The van der Waals surface area contributed by atoms with Crippen LogP contribution in [0.1, 0.15) is 15.2 Å². The van der Waals surface area contributed by atoms with Crippen LogP contribution >= 0.6 is 11.3 Å². The average molecular weight is 403 g/mol. The summed E-state index contributed by atoms with van der Waals surface area (Å²) in [5, 5.41) is 6.95. The molecule has 0 aliphatic carbocycles. The van der Waals surface area contributed by atoms with E-state index in [0.29, 0.717) is 16.4 Å². The number of fused-ring (bicyclic) bond motifs is 1. The largest absolute Gasteiger partial charge is 0.345 e. The molecule has 1 aromatic carbocycles. The zero-order chi connectivity index (χ0) is 20.4. The minimum atomic E-state index is -0.337. The molecule has 0 unspecified atom stereocenters. The van der Waals surface area contributed by atoms with Gasteiger partial charge in [0, 0.05) is 39.5 Å². The van der Waals surface area contributed by atoms with E-state index >= 15 is 0 Å². The van der Waals surface area contributed by atoms with Gasteiger partial charge >= 0.3 is 0 Å². The van der Waals surface area contributed by atoms with E-state index in [2.05, 4.69) is 32.2 Å². The number of rotatable bonds is 5. The highest BCUT2D eigenvalue weighted by Gasteiger charge is 2.16. The second-order valence-corrected chi connectivity index (χ2v) is 7.46. The van der Waals surface area contributed by atoms with Crippen LogP contribution in [0.5, 0.6) is 0 Å². The smallest absolute Gasteiger partial charge is 0.257 e. The van der Waals surface area contributed by atoms with Gasteiger partial charge in [-0.1, -0.05) is 12.6 Å². The molecule has 0 fully saturated rings. The maximum absolute atomic E-state index is 12.6. The third-order valence-electron chi connectivity index (χ3n) is 4.30. The van der Waals surface area contributed by atoms with Crippen LogP contribution in [0.2, 0.25) is 0 Å². The number of hydrogen-bond acceptors (Lipinski definition) is 5. The molecule has 4 aromatic rings. The summed E-state index contributed by atoms with van der Waals surface area (Å²) in [7, 11) is 0. The molecule has 2 amide bonds. The van der Waals surface area contributed by atoms with Gasteiger partial charge in [-0.15, -0.1) is 11.3 Å². The second-order valence-electron chi connectivity index (χ2n) is 6.25. The summed E-state index contributed by atoms with van der Waals surface area (Å²) < 4.78 is 0. The van der Waals surface area contributed by atoms with E-state index in [1.54, 1.807) is 30.5 Å². The zero-order valence-corrected chi connectivity index (χ0v) is 16.3. The summed E-state index contributed by atoms with van der Waals surface area (Å²) in [5.74, 6) is -0.642. The number of thiazole rings is 1. The van der Waals surface area contributed by atoms with Gasteiger partial charge in [-0.25, -0.2) is 9.97 Å². The van der Waals surface area contributed by atoms with Crippen molar-refractivity contribution in [1.82, 2.24) is 15.0 Å². The highest BCUT2D eigenvalue weighted by molar-refractivity contribution is 7.16. The van der Waals surface area contributed by atoms with Crippen molar-refractivity contribution >= 4 is 45.0 Å². The summed E-state index contributed by atoms with van der Waals surface area (Å²) in [5.41, 5.74) is 3.47. The predicted molar refractivity (Wildman–Crippen MR) is 115 cm³/mol. The van der Waals surface area contributed by atoms with Gasteiger partial charge in [-0.2, -0.15) is 0 Å². The average Bonchev–Trinajstić information content (AvgIpc) is 3.31. The number of hydrogen-bond donors (Lipinski definition) is 3. The number of anilines is 2. The Morgan fingerprint density at radius 1 is 1.21 bits per heavy atom. The number of carbonyl (C=O) groups is 2. The number of pyridine rings is 1. The van der Waals surface area contributed by atoms with E-state index in [9.17, 15) is 9.59 Å². The Kier molecular flexibility index (Phi) is 4.92. The van der Waals surface area contributed by atoms with Gasteiger partial charge in [0.05, 0.1) is 5.69 Å². The molecule has 7 nitrogen and oxygen atoms in total. The molecule has 4 rings (SSSR count). The molecule has 0 aliphatic rings. The van der Waals surface area contributed by atoms with Crippen LogP contribution in [0, 0.1) is 6.92 Å². The molecule has 0 saturated heterocycles. The lowest BCUT2D eigenvalue weighted by molar-refractivity contribution is -0.111. The van der Waals surface area contributed by atoms with Crippen molar-refractivity contribution < 1.29 is 9.59 Å². The van der Waals surface area contributed by atoms with E-state index in [4.69, 9.17) is 0 Å². The molecule has 0 aliphatic heterocycles. The Bertz CT molecular complexity index is 1240. The van der Waals surface area contributed by atoms with Crippen molar-refractivity contribution in [2.24, 2.45) is 0 Å². The van der Waals surface area contributed by atoms with Crippen molar-refractivity contribution in [3.05, 3.63) is 71.9 Å². The van der Waals surface area contributed by atoms with Gasteiger partial charge < -0.3 is 10.3 Å². The number of benzene rings is 1. The predicted octanol–water partition coefficient (Wildman–Crippen LogP) is 4.37. The van der Waals surface area contributed by atoms with Gasteiger partial charge in [-0.3, -0.25) is 14.9 Å². The summed E-state index contributed by atoms with van der Waals surface area (Å²) in [4.78, 5) is 37.1. The highest BCUT2D eigenvalue weighted by atomic mass is 32.1. The van der Waals surface area contributed by atoms with E-state index < -0.39 is 0 Å². The summed E-state index contributed by atoms with van der Waals surface area (Å²) in [6.07, 6.45) is 4.78. The van der Waals surface area contributed by atoms with Gasteiger partial charge in [0.1, 0.15) is 5.65 Å². The fraction of sp³-hybridized carbons (Fsp3) is 0.0476. The van der Waals surface area contributed by atoms with Crippen LogP contribution in [0.4, 0.5) is 10.8 Å². The Balaban J connectivity index is 1.57. The molecule has 0 saturated carbocycles. The van der Waals surface area contributed by atoms with Crippen molar-refractivity contribution in [2.45, 2.75) is 6.92 Å². The van der Waals surface area contributed by atoms with Crippen LogP contribution in [0.3, 0.4) is 0 Å². The molecule has 144 valence electrons. The molecule has 0 bridgehead atoms. The van der Waals surface area contributed by atoms with E-state index in [-0.39, 0.29) is 11.8 Å². The maximum atomic E-state index is 12.6. The topological polar surface area (TPSA) is 99.8 Å². The number of nitrogens with zero attached hydrogens (tertiary/aromatic N) is 2. The fourth-order valence-electron chi connectivity index (χ4n) is 2.95. The van der Waals surface area contributed by atoms with Gasteiger partial charge in [-0.05, 0) is 43.3 Å². The lowest BCUT2D eigenvalue weighted by Gasteiger charge is -2.05. The third kappa shape index (κ3) is 3.78. The minimum absolute atomic E-state index is 0.305. The molecule has 29 heavy (non-hydrogen) atoms. The van der Waals surface area contributed by atoms with Crippen LogP contribution in [0.15, 0.2) is 61.4 Å². The van der Waals surface area contributed by atoms with E-state index in [1.807, 2.05) is 25.3 Å². The van der Waals surface area contributed by atoms with Gasteiger partial charge in [0.15, 0.2) is 5.13 Å². The number of nitrogens with one attached hydrogen (secondary N) is 3. The number of aromatic amines is 1. The van der Waals surface area contributed by atoms with E-state index in [0.717, 1.165) is 27.2 Å². The normalized spacial score (nSPS) is 10.7. The maximum Gasteiger partial charge on any atom is 0.257 e. The lowest BCUT2D eigenvalue weighted by Crippen LogP contribution is -2.13. The van der Waals surface area contributed by atoms with Crippen LogP contribution < -0.4 is 10.6 Å². The van der Waals surface area contributed by atoms with Gasteiger partial charge in [0.2, 0.25) is 5.91 Å². The molecule has 3 aromatic heterocycles. The Morgan fingerprint density at radius 2 is 2.07 bits per heavy atom. The molecule has 3 N–H and O–H groups in total. The standard InChI is InChI=1S/C21H17N5O2S/c1-3-17(27)24-14-7-4-6-13(10-14)20(28)26-21-25-18(12(2)29-21)16-11-23-19-15(16)8-5-9-22-19/h3-11H,1H2,2H3,(H,22,23)(H,24,27)(H,25,26,28). The van der Waals surface area contributed by atoms with Crippen molar-refractivity contribution in [2.75, 3.05) is 10.6 Å². The Labute approximate surface area is 170 Å². The van der Waals surface area contributed by atoms with Crippen LogP contribution in [-0.2, 0) is 4.79 Å². The molecule has 3 heterocycles. The second kappa shape index (κ2) is 7.69. The molecular weight excluding hydrogens is 386 g/mol. The quantitative estimate of drug-likeness (QED) is 0.431. The van der Waals surface area contributed by atoms with Crippen molar-refractivity contribution in [3.63, 3.8) is 0 Å². The van der Waals surface area contributed by atoms with Gasteiger partial charge in [0.25, 0.3) is 5.91 Å². The number of carbonyl (C=O) groups excluding carboxylic acids is 2. The summed E-state index contributed by atoms with van der Waals surface area (Å²) >= 11 is 1.40. The Morgan fingerprint density at radius 3 is 2.90 bits per heavy atom. The number of H-pyrrole nitrogens is 1. The summed E-state index contributed by atoms with van der Waals surface area (Å²) in [6, 6.07) is 10.5. The molecule has 8 heteroatoms. The van der Waals surface area contributed by atoms with Crippen LogP contribution in [-0.4, -0.2) is 26.8 Å². The number of aromatic nitrogens is 3. The molecule has 0 radical (unpaired) electrons. The molecule has 0 spiro atoms. The summed E-state index contributed by atoms with van der Waals surface area (Å²) in [6.45, 7) is 5.38. The first-order valence-corrected chi connectivity index (χ1v) is 9.61. The first-order valence-electron chi connectivity index (χ1n) is 8.80. The van der Waals surface area contributed by atoms with Crippen molar-refractivity contribution in [3.8, 4) is 11.3 Å². The zero-order valence-electron chi connectivity index (χ0n) is 15.5. The minimum Gasteiger partial charge on any atom is -0.345 e. The van der Waals surface area contributed by atoms with Crippen LogP contribution in [0.25, 0.3) is 22.3 Å². The lowest BCUT2D eigenvalue weighted by atomic mass is 10.1. The Hall–Kier alpha value is -3.78. The SMILES string of the molecule is C=CC(=O)Nc1cccc(C(=O)Nc2nc(-c3c[nH]c4ncccc34)c(C)s2)c1. The van der Waals surface area contributed by atoms with Crippen molar-refractivity contribution in [1.29, 1.82) is 0 Å². The van der Waals surface area contributed by atoms with E-state index in [1.165, 1.54) is 17.4 Å². The first kappa shape index (κ1) is 18.6. The monoisotopic (exact) mass is 403 g/mol. The molecule has 0 atom stereocenters. The number of amides is 2.